The van der Waals surface area contributed by atoms with E-state index in [-0.39, 0.29) is 6.10 Å². The van der Waals surface area contributed by atoms with E-state index in [1.165, 1.54) is 5.56 Å². The number of ether oxygens (including phenoxy) is 1. The van der Waals surface area contributed by atoms with E-state index in [0.29, 0.717) is 0 Å². The number of hydrogen-bond donors (Lipinski definition) is 1. The molecule has 19 heavy (non-hydrogen) atoms. The van der Waals surface area contributed by atoms with Crippen LogP contribution in [0.2, 0.25) is 0 Å². The number of pyridine rings is 1. The van der Waals surface area contributed by atoms with Crippen LogP contribution in [0.5, 0.6) is 5.75 Å². The lowest BCUT2D eigenvalue weighted by atomic mass is 10.1. The zero-order chi connectivity index (χ0) is 13.1. The molecule has 0 aliphatic carbocycles. The molecule has 0 fully saturated rings. The maximum Gasteiger partial charge on any atom is 0.123 e. The van der Waals surface area contributed by atoms with Gasteiger partial charge >= 0.3 is 0 Å². The van der Waals surface area contributed by atoms with Crippen LogP contribution in [0.1, 0.15) is 11.3 Å². The van der Waals surface area contributed by atoms with Gasteiger partial charge in [0.05, 0.1) is 5.69 Å². The van der Waals surface area contributed by atoms with E-state index in [1.54, 1.807) is 0 Å². The van der Waals surface area contributed by atoms with E-state index in [0.717, 1.165) is 35.4 Å². The van der Waals surface area contributed by atoms with Gasteiger partial charge in [-0.2, -0.15) is 0 Å². The summed E-state index contributed by atoms with van der Waals surface area (Å²) in [5, 5.41) is 3.40. The molecule has 0 amide bonds. The van der Waals surface area contributed by atoms with Crippen molar-refractivity contribution >= 4 is 15.9 Å². The molecule has 1 atom stereocenters. The standard InChI is InChI=1S/C15H15BrN2O/c16-12-5-6-13(18-8-12)9-17-10-14-7-11-3-1-2-4-15(11)19-14/h1-6,8,14,17H,7,9-10H2. The molecule has 0 saturated carbocycles. The van der Waals surface area contributed by atoms with Gasteiger partial charge in [-0.25, -0.2) is 0 Å². The van der Waals surface area contributed by atoms with E-state index in [9.17, 15) is 0 Å². The van der Waals surface area contributed by atoms with Crippen LogP contribution >= 0.6 is 15.9 Å². The summed E-state index contributed by atoms with van der Waals surface area (Å²) in [4.78, 5) is 4.33. The molecule has 0 radical (unpaired) electrons. The molecular formula is C15H15BrN2O. The molecule has 1 aromatic carbocycles. The van der Waals surface area contributed by atoms with Crippen LogP contribution in [-0.2, 0) is 13.0 Å². The van der Waals surface area contributed by atoms with Gasteiger partial charge in [0.1, 0.15) is 11.9 Å². The van der Waals surface area contributed by atoms with Crippen molar-refractivity contribution in [3.63, 3.8) is 0 Å². The quantitative estimate of drug-likeness (QED) is 0.941. The summed E-state index contributed by atoms with van der Waals surface area (Å²) in [6.07, 6.45) is 3.03. The van der Waals surface area contributed by atoms with E-state index in [4.69, 9.17) is 4.74 Å². The predicted octanol–water partition coefficient (Wildman–Crippen LogP) is 2.94. The summed E-state index contributed by atoms with van der Waals surface area (Å²) in [7, 11) is 0. The first-order valence-corrected chi connectivity index (χ1v) is 7.16. The Morgan fingerprint density at radius 2 is 2.16 bits per heavy atom. The number of benzene rings is 1. The number of fused-ring (bicyclic) bond motifs is 1. The van der Waals surface area contributed by atoms with Crippen LogP contribution in [-0.4, -0.2) is 17.6 Å². The first-order chi connectivity index (χ1) is 9.31. The molecule has 0 bridgehead atoms. The highest BCUT2D eigenvalue weighted by Crippen LogP contribution is 2.27. The summed E-state index contributed by atoms with van der Waals surface area (Å²) in [6, 6.07) is 12.3. The Bertz CT molecular complexity index is 531. The average molecular weight is 319 g/mol. The molecule has 1 N–H and O–H groups in total. The molecule has 3 nitrogen and oxygen atoms in total. The van der Waals surface area contributed by atoms with E-state index in [1.807, 2.05) is 30.5 Å². The minimum Gasteiger partial charge on any atom is -0.488 e. The fourth-order valence-corrected chi connectivity index (χ4v) is 2.47. The minimum absolute atomic E-state index is 0.229. The van der Waals surface area contributed by atoms with Gasteiger partial charge < -0.3 is 10.1 Å². The second-order valence-electron chi connectivity index (χ2n) is 4.65. The Labute approximate surface area is 121 Å². The molecule has 1 aromatic heterocycles. The Morgan fingerprint density at radius 1 is 1.26 bits per heavy atom. The van der Waals surface area contributed by atoms with Crippen molar-refractivity contribution in [3.8, 4) is 5.75 Å². The van der Waals surface area contributed by atoms with Crippen LogP contribution < -0.4 is 10.1 Å². The lowest BCUT2D eigenvalue weighted by Gasteiger charge is -2.11. The zero-order valence-electron chi connectivity index (χ0n) is 10.5. The van der Waals surface area contributed by atoms with Crippen molar-refractivity contribution in [2.45, 2.75) is 19.1 Å². The number of hydrogen-bond acceptors (Lipinski definition) is 3. The minimum atomic E-state index is 0.229. The second-order valence-corrected chi connectivity index (χ2v) is 5.57. The predicted molar refractivity (Wildman–Crippen MR) is 78.2 cm³/mol. The highest BCUT2D eigenvalue weighted by molar-refractivity contribution is 9.10. The first-order valence-electron chi connectivity index (χ1n) is 6.37. The maximum absolute atomic E-state index is 5.87. The molecule has 0 spiro atoms. The molecule has 1 aliphatic rings. The number of nitrogens with zero attached hydrogens (tertiary/aromatic N) is 1. The van der Waals surface area contributed by atoms with E-state index >= 15 is 0 Å². The lowest BCUT2D eigenvalue weighted by molar-refractivity contribution is 0.227. The molecule has 1 aliphatic heterocycles. The molecule has 1 unspecified atom stereocenters. The van der Waals surface area contributed by atoms with Gasteiger partial charge in [0.15, 0.2) is 0 Å². The second kappa shape index (κ2) is 5.72. The average Bonchev–Trinajstić information content (AvgIpc) is 2.83. The van der Waals surface area contributed by atoms with Crippen molar-refractivity contribution in [3.05, 3.63) is 58.3 Å². The van der Waals surface area contributed by atoms with Crippen molar-refractivity contribution < 1.29 is 4.74 Å². The highest BCUT2D eigenvalue weighted by Gasteiger charge is 2.21. The number of halogens is 1. The van der Waals surface area contributed by atoms with Gasteiger partial charge in [0.2, 0.25) is 0 Å². The third kappa shape index (κ3) is 3.14. The van der Waals surface area contributed by atoms with Crippen molar-refractivity contribution in [2.75, 3.05) is 6.54 Å². The van der Waals surface area contributed by atoms with Crippen LogP contribution in [0.15, 0.2) is 47.1 Å². The maximum atomic E-state index is 5.87. The number of nitrogens with one attached hydrogen (secondary N) is 1. The van der Waals surface area contributed by atoms with E-state index in [2.05, 4.69) is 38.4 Å². The van der Waals surface area contributed by atoms with Crippen molar-refractivity contribution in [1.29, 1.82) is 0 Å². The van der Waals surface area contributed by atoms with Crippen LogP contribution in [0.4, 0.5) is 0 Å². The van der Waals surface area contributed by atoms with Crippen LogP contribution in [0, 0.1) is 0 Å². The Kier molecular flexibility index (Phi) is 3.80. The number of aromatic nitrogens is 1. The largest absolute Gasteiger partial charge is 0.488 e. The third-order valence-electron chi connectivity index (χ3n) is 3.18. The topological polar surface area (TPSA) is 34.1 Å². The molecule has 3 rings (SSSR count). The van der Waals surface area contributed by atoms with Crippen molar-refractivity contribution in [1.82, 2.24) is 10.3 Å². The third-order valence-corrected chi connectivity index (χ3v) is 3.65. The van der Waals surface area contributed by atoms with Gasteiger partial charge in [-0.05, 0) is 39.7 Å². The Balaban J connectivity index is 1.48. The summed E-state index contributed by atoms with van der Waals surface area (Å²) < 4.78 is 6.88. The summed E-state index contributed by atoms with van der Waals surface area (Å²) in [5.74, 6) is 1.02. The van der Waals surface area contributed by atoms with Gasteiger partial charge in [-0.15, -0.1) is 0 Å². The summed E-state index contributed by atoms with van der Waals surface area (Å²) in [5.41, 5.74) is 2.34. The molecular weight excluding hydrogens is 304 g/mol. The molecule has 2 aromatic rings. The van der Waals surface area contributed by atoms with Gasteiger partial charge in [-0.3, -0.25) is 4.98 Å². The van der Waals surface area contributed by atoms with Crippen LogP contribution in [0.25, 0.3) is 0 Å². The fraction of sp³-hybridized carbons (Fsp3) is 0.267. The molecule has 98 valence electrons. The SMILES string of the molecule is Brc1ccc(CNCC2Cc3ccccc3O2)nc1. The normalized spacial score (nSPS) is 17.0. The summed E-state index contributed by atoms with van der Waals surface area (Å²) >= 11 is 3.38. The number of para-hydroxylation sites is 1. The highest BCUT2D eigenvalue weighted by atomic mass is 79.9. The number of rotatable bonds is 4. The fourth-order valence-electron chi connectivity index (χ4n) is 2.24. The van der Waals surface area contributed by atoms with E-state index < -0.39 is 0 Å². The summed E-state index contributed by atoms with van der Waals surface area (Å²) in [6.45, 7) is 1.61. The van der Waals surface area contributed by atoms with Gasteiger partial charge in [0.25, 0.3) is 0 Å². The smallest absolute Gasteiger partial charge is 0.123 e. The van der Waals surface area contributed by atoms with Crippen LogP contribution in [0.3, 0.4) is 0 Å². The van der Waals surface area contributed by atoms with Gasteiger partial charge in [0, 0.05) is 30.2 Å². The first kappa shape index (κ1) is 12.6. The Morgan fingerprint density at radius 3 is 2.95 bits per heavy atom. The Hall–Kier alpha value is -1.39. The monoisotopic (exact) mass is 318 g/mol. The zero-order valence-corrected chi connectivity index (χ0v) is 12.1. The van der Waals surface area contributed by atoms with Crippen molar-refractivity contribution in [2.24, 2.45) is 0 Å². The molecule has 0 saturated heterocycles. The lowest BCUT2D eigenvalue weighted by Crippen LogP contribution is -2.29. The van der Waals surface area contributed by atoms with Gasteiger partial charge in [-0.1, -0.05) is 18.2 Å². The molecule has 2 heterocycles. The molecule has 4 heteroatoms.